The van der Waals surface area contributed by atoms with Crippen LogP contribution in [0.4, 0.5) is 10.1 Å². The summed E-state index contributed by atoms with van der Waals surface area (Å²) in [6.45, 7) is 2.28. The van der Waals surface area contributed by atoms with E-state index in [1.54, 1.807) is 4.90 Å². The maximum atomic E-state index is 12.9. The molecule has 1 N–H and O–H groups in total. The molecular formula is C22H23FN2O4. The first-order valence-corrected chi connectivity index (χ1v) is 9.51. The average Bonchev–Trinajstić information content (AvgIpc) is 3.09. The molecule has 0 radical (unpaired) electrons. The van der Waals surface area contributed by atoms with Crippen molar-refractivity contribution in [2.24, 2.45) is 5.92 Å². The number of esters is 1. The van der Waals surface area contributed by atoms with Gasteiger partial charge in [-0.1, -0.05) is 30.3 Å². The summed E-state index contributed by atoms with van der Waals surface area (Å²) in [6.07, 6.45) is -0.230. The molecule has 2 aromatic carbocycles. The Balaban J connectivity index is 1.47. The molecular weight excluding hydrogens is 375 g/mol. The first-order chi connectivity index (χ1) is 13.9. The van der Waals surface area contributed by atoms with Gasteiger partial charge < -0.3 is 15.0 Å². The van der Waals surface area contributed by atoms with Gasteiger partial charge in [-0.15, -0.1) is 0 Å². The number of hydrogen-bond acceptors (Lipinski definition) is 4. The topological polar surface area (TPSA) is 75.7 Å². The zero-order valence-corrected chi connectivity index (χ0v) is 16.1. The Bertz CT molecular complexity index is 870. The number of amides is 2. The van der Waals surface area contributed by atoms with E-state index in [4.69, 9.17) is 4.74 Å². The quantitative estimate of drug-likeness (QED) is 0.728. The minimum absolute atomic E-state index is 0.0833. The van der Waals surface area contributed by atoms with Gasteiger partial charge in [0.15, 0.2) is 6.10 Å². The summed E-state index contributed by atoms with van der Waals surface area (Å²) in [4.78, 5) is 38.4. The largest absolute Gasteiger partial charge is 0.452 e. The summed E-state index contributed by atoms with van der Waals surface area (Å²) in [7, 11) is 0. The van der Waals surface area contributed by atoms with E-state index >= 15 is 0 Å². The summed E-state index contributed by atoms with van der Waals surface area (Å²) in [5.41, 5.74) is 1.53. The van der Waals surface area contributed by atoms with E-state index in [1.165, 1.54) is 31.2 Å². The minimum Gasteiger partial charge on any atom is -0.452 e. The fraction of sp³-hybridized carbons (Fsp3) is 0.318. The molecule has 2 unspecified atom stereocenters. The number of benzene rings is 2. The zero-order chi connectivity index (χ0) is 20.8. The molecule has 2 atom stereocenters. The van der Waals surface area contributed by atoms with E-state index in [0.717, 1.165) is 5.56 Å². The van der Waals surface area contributed by atoms with Crippen molar-refractivity contribution >= 4 is 23.5 Å². The third-order valence-corrected chi connectivity index (χ3v) is 4.83. The van der Waals surface area contributed by atoms with Gasteiger partial charge in [-0.3, -0.25) is 14.4 Å². The van der Waals surface area contributed by atoms with Gasteiger partial charge in [-0.25, -0.2) is 4.39 Å². The normalized spacial score (nSPS) is 17.1. The number of nitrogens with zero attached hydrogens (tertiary/aromatic N) is 1. The summed E-state index contributed by atoms with van der Waals surface area (Å²) >= 11 is 0. The van der Waals surface area contributed by atoms with Crippen molar-refractivity contribution in [3.63, 3.8) is 0 Å². The molecule has 0 aromatic heterocycles. The standard InChI is InChI=1S/C22H23FN2O4/c1-15(21(27)24-19-9-7-18(23)8-10-19)29-22(28)17-13-20(26)25(14-17)12-11-16-5-3-2-4-6-16/h2-10,15,17H,11-14H2,1H3,(H,24,27). The van der Waals surface area contributed by atoms with Crippen molar-refractivity contribution in [3.8, 4) is 0 Å². The molecule has 2 aromatic rings. The molecule has 1 aliphatic rings. The van der Waals surface area contributed by atoms with Crippen molar-refractivity contribution in [1.29, 1.82) is 0 Å². The molecule has 0 aliphatic carbocycles. The molecule has 6 nitrogen and oxygen atoms in total. The number of ether oxygens (including phenoxy) is 1. The highest BCUT2D eigenvalue weighted by atomic mass is 19.1. The van der Waals surface area contributed by atoms with E-state index in [9.17, 15) is 18.8 Å². The third kappa shape index (κ3) is 5.63. The van der Waals surface area contributed by atoms with Gasteiger partial charge in [0.05, 0.1) is 5.92 Å². The van der Waals surface area contributed by atoms with Crippen LogP contribution in [0.3, 0.4) is 0 Å². The second-order valence-electron chi connectivity index (χ2n) is 7.05. The molecule has 152 valence electrons. The lowest BCUT2D eigenvalue weighted by atomic mass is 10.1. The first-order valence-electron chi connectivity index (χ1n) is 9.51. The smallest absolute Gasteiger partial charge is 0.312 e. The number of carbonyl (C=O) groups is 3. The highest BCUT2D eigenvalue weighted by Crippen LogP contribution is 2.20. The molecule has 0 spiro atoms. The number of hydrogen-bond donors (Lipinski definition) is 1. The van der Waals surface area contributed by atoms with Crippen LogP contribution in [0.2, 0.25) is 0 Å². The molecule has 1 saturated heterocycles. The minimum atomic E-state index is -1.03. The molecule has 1 aliphatic heterocycles. The maximum absolute atomic E-state index is 12.9. The number of halogens is 1. The van der Waals surface area contributed by atoms with Crippen LogP contribution in [-0.4, -0.2) is 41.9 Å². The Kier molecular flexibility index (Phi) is 6.59. The summed E-state index contributed by atoms with van der Waals surface area (Å²) in [5, 5.41) is 2.56. The lowest BCUT2D eigenvalue weighted by molar-refractivity contribution is -0.157. The van der Waals surface area contributed by atoms with Gasteiger partial charge >= 0.3 is 5.97 Å². The van der Waals surface area contributed by atoms with Gasteiger partial charge in [0.2, 0.25) is 5.91 Å². The van der Waals surface area contributed by atoms with E-state index in [2.05, 4.69) is 5.32 Å². The number of anilines is 1. The van der Waals surface area contributed by atoms with E-state index < -0.39 is 29.7 Å². The number of rotatable bonds is 7. The third-order valence-electron chi connectivity index (χ3n) is 4.83. The van der Waals surface area contributed by atoms with Gasteiger partial charge in [0.25, 0.3) is 5.91 Å². The highest BCUT2D eigenvalue weighted by molar-refractivity contribution is 5.95. The molecule has 7 heteroatoms. The summed E-state index contributed by atoms with van der Waals surface area (Å²) in [6, 6.07) is 15.1. The van der Waals surface area contributed by atoms with Gasteiger partial charge in [0, 0.05) is 25.2 Å². The molecule has 1 heterocycles. The monoisotopic (exact) mass is 398 g/mol. The Hall–Kier alpha value is -3.22. The highest BCUT2D eigenvalue weighted by Gasteiger charge is 2.36. The van der Waals surface area contributed by atoms with Crippen molar-refractivity contribution in [1.82, 2.24) is 4.90 Å². The maximum Gasteiger partial charge on any atom is 0.312 e. The number of likely N-dealkylation sites (tertiary alicyclic amines) is 1. The van der Waals surface area contributed by atoms with Crippen molar-refractivity contribution in [2.75, 3.05) is 18.4 Å². The van der Waals surface area contributed by atoms with Crippen molar-refractivity contribution < 1.29 is 23.5 Å². The Morgan fingerprint density at radius 1 is 1.17 bits per heavy atom. The fourth-order valence-corrected chi connectivity index (χ4v) is 3.16. The Morgan fingerprint density at radius 3 is 2.55 bits per heavy atom. The van der Waals surface area contributed by atoms with Crippen LogP contribution in [-0.2, 0) is 25.5 Å². The molecule has 2 amide bonds. The predicted molar refractivity (Wildman–Crippen MR) is 105 cm³/mol. The SMILES string of the molecule is CC(OC(=O)C1CC(=O)N(CCc2ccccc2)C1)C(=O)Nc1ccc(F)cc1. The van der Waals surface area contributed by atoms with Crippen LogP contribution in [0, 0.1) is 11.7 Å². The first kappa shape index (κ1) is 20.5. The van der Waals surface area contributed by atoms with Gasteiger partial charge in [0.1, 0.15) is 5.82 Å². The summed E-state index contributed by atoms with van der Waals surface area (Å²) < 4.78 is 18.2. The van der Waals surface area contributed by atoms with Crippen LogP contribution in [0.25, 0.3) is 0 Å². The lowest BCUT2D eigenvalue weighted by Crippen LogP contribution is -2.33. The number of nitrogens with one attached hydrogen (secondary N) is 1. The van der Waals surface area contributed by atoms with Crippen LogP contribution in [0.5, 0.6) is 0 Å². The van der Waals surface area contributed by atoms with E-state index in [0.29, 0.717) is 18.7 Å². The molecule has 29 heavy (non-hydrogen) atoms. The average molecular weight is 398 g/mol. The van der Waals surface area contributed by atoms with E-state index in [-0.39, 0.29) is 18.9 Å². The van der Waals surface area contributed by atoms with Crippen molar-refractivity contribution in [2.45, 2.75) is 25.9 Å². The Morgan fingerprint density at radius 2 is 1.86 bits per heavy atom. The zero-order valence-electron chi connectivity index (χ0n) is 16.1. The Labute approximate surface area is 168 Å². The second-order valence-corrected chi connectivity index (χ2v) is 7.05. The summed E-state index contributed by atoms with van der Waals surface area (Å²) in [5.74, 6) is -2.17. The molecule has 0 bridgehead atoms. The fourth-order valence-electron chi connectivity index (χ4n) is 3.16. The predicted octanol–water partition coefficient (Wildman–Crippen LogP) is 2.79. The molecule has 0 saturated carbocycles. The van der Waals surface area contributed by atoms with E-state index in [1.807, 2.05) is 30.3 Å². The van der Waals surface area contributed by atoms with Gasteiger partial charge in [-0.2, -0.15) is 0 Å². The molecule has 1 fully saturated rings. The lowest BCUT2D eigenvalue weighted by Gasteiger charge is -2.18. The van der Waals surface area contributed by atoms with Crippen LogP contribution in [0.1, 0.15) is 18.9 Å². The van der Waals surface area contributed by atoms with Crippen LogP contribution >= 0.6 is 0 Å². The second kappa shape index (κ2) is 9.32. The molecule has 3 rings (SSSR count). The van der Waals surface area contributed by atoms with Crippen LogP contribution < -0.4 is 5.32 Å². The van der Waals surface area contributed by atoms with Crippen LogP contribution in [0.15, 0.2) is 54.6 Å². The van der Waals surface area contributed by atoms with Crippen molar-refractivity contribution in [3.05, 3.63) is 66.0 Å². The van der Waals surface area contributed by atoms with Gasteiger partial charge in [-0.05, 0) is 43.2 Å². The number of carbonyl (C=O) groups excluding carboxylic acids is 3.